The highest BCUT2D eigenvalue weighted by molar-refractivity contribution is 5.23. The van der Waals surface area contributed by atoms with Gasteiger partial charge in [-0.25, -0.2) is 0 Å². The molecule has 1 aromatic carbocycles. The molecular formula is C15H21N3O. The van der Waals surface area contributed by atoms with Gasteiger partial charge in [-0.1, -0.05) is 49.3 Å². The normalized spacial score (nSPS) is 13.4. The van der Waals surface area contributed by atoms with Crippen molar-refractivity contribution in [3.8, 4) is 0 Å². The van der Waals surface area contributed by atoms with E-state index in [0.717, 1.165) is 6.42 Å². The fraction of sp³-hybridized carbons (Fsp3) is 0.467. The van der Waals surface area contributed by atoms with Gasteiger partial charge in [-0.05, 0) is 24.3 Å². The summed E-state index contributed by atoms with van der Waals surface area (Å²) in [5.41, 5.74) is 1.51. The topological polar surface area (TPSA) is 51.0 Å². The van der Waals surface area contributed by atoms with Gasteiger partial charge >= 0.3 is 0 Å². The predicted octanol–water partition coefficient (Wildman–Crippen LogP) is 2.92. The Bertz CT molecular complexity index is 479. The summed E-state index contributed by atoms with van der Waals surface area (Å²) in [6.07, 6.45) is 2.41. The minimum Gasteiger partial charge on any atom is -0.343 e. The van der Waals surface area contributed by atoms with Crippen LogP contribution in [0.25, 0.3) is 0 Å². The molecule has 1 unspecified atom stereocenters. The summed E-state index contributed by atoms with van der Waals surface area (Å²) in [5, 5.41) is 7.22. The lowest BCUT2D eigenvalue weighted by atomic mass is 9.79. The van der Waals surface area contributed by atoms with Gasteiger partial charge in [0.25, 0.3) is 0 Å². The molecule has 0 saturated heterocycles. The van der Waals surface area contributed by atoms with Gasteiger partial charge in [0.2, 0.25) is 6.39 Å². The van der Waals surface area contributed by atoms with E-state index in [1.54, 1.807) is 0 Å². The minimum absolute atomic E-state index is 0.144. The highest BCUT2D eigenvalue weighted by Crippen LogP contribution is 2.28. The standard InChI is InChI=1S/C15H21N3O/c1-12(16-10-14-17-11-19-18-14)9-15(2,3)13-7-5-4-6-8-13/h4-8,11-12,16H,9-10H2,1-3H3. The van der Waals surface area contributed by atoms with Crippen molar-refractivity contribution in [2.24, 2.45) is 0 Å². The molecule has 0 saturated carbocycles. The molecule has 2 aromatic rings. The molecule has 0 amide bonds. The quantitative estimate of drug-likeness (QED) is 0.866. The average Bonchev–Trinajstić information content (AvgIpc) is 2.90. The minimum atomic E-state index is 0.144. The van der Waals surface area contributed by atoms with Crippen LogP contribution in [-0.4, -0.2) is 16.2 Å². The second-order valence-corrected chi connectivity index (χ2v) is 5.58. The van der Waals surface area contributed by atoms with Crippen LogP contribution < -0.4 is 5.32 Å². The van der Waals surface area contributed by atoms with Crippen LogP contribution in [-0.2, 0) is 12.0 Å². The molecule has 102 valence electrons. The van der Waals surface area contributed by atoms with Crippen LogP contribution in [0.1, 0.15) is 38.6 Å². The molecule has 1 N–H and O–H groups in total. The second-order valence-electron chi connectivity index (χ2n) is 5.58. The zero-order valence-electron chi connectivity index (χ0n) is 11.8. The van der Waals surface area contributed by atoms with Crippen molar-refractivity contribution in [2.75, 3.05) is 0 Å². The smallest absolute Gasteiger partial charge is 0.213 e. The molecule has 19 heavy (non-hydrogen) atoms. The van der Waals surface area contributed by atoms with Crippen LogP contribution in [0.5, 0.6) is 0 Å². The number of hydrogen-bond donors (Lipinski definition) is 1. The lowest BCUT2D eigenvalue weighted by Gasteiger charge is -2.29. The summed E-state index contributed by atoms with van der Waals surface area (Å²) in [7, 11) is 0. The first kappa shape index (κ1) is 13.7. The first-order valence-electron chi connectivity index (χ1n) is 6.62. The maximum atomic E-state index is 4.72. The molecule has 0 radical (unpaired) electrons. The van der Waals surface area contributed by atoms with Gasteiger partial charge in [-0.2, -0.15) is 4.98 Å². The molecule has 1 aromatic heterocycles. The van der Waals surface area contributed by atoms with Crippen molar-refractivity contribution in [1.29, 1.82) is 0 Å². The summed E-state index contributed by atoms with van der Waals surface area (Å²) in [6, 6.07) is 11.0. The van der Waals surface area contributed by atoms with Crippen LogP contribution in [0.4, 0.5) is 0 Å². The molecule has 1 atom stereocenters. The van der Waals surface area contributed by atoms with Crippen molar-refractivity contribution in [3.05, 3.63) is 48.1 Å². The zero-order chi connectivity index (χ0) is 13.7. The molecule has 0 aliphatic carbocycles. The van der Waals surface area contributed by atoms with Crippen molar-refractivity contribution in [3.63, 3.8) is 0 Å². The van der Waals surface area contributed by atoms with Gasteiger partial charge in [0, 0.05) is 6.04 Å². The summed E-state index contributed by atoms with van der Waals surface area (Å²) in [5.74, 6) is 0.698. The highest BCUT2D eigenvalue weighted by Gasteiger charge is 2.23. The molecular weight excluding hydrogens is 238 g/mol. The third-order valence-electron chi connectivity index (χ3n) is 3.39. The van der Waals surface area contributed by atoms with Crippen molar-refractivity contribution < 1.29 is 4.52 Å². The van der Waals surface area contributed by atoms with Crippen molar-refractivity contribution in [2.45, 2.75) is 45.2 Å². The van der Waals surface area contributed by atoms with Gasteiger partial charge < -0.3 is 9.84 Å². The summed E-state index contributed by atoms with van der Waals surface area (Å²) >= 11 is 0. The molecule has 0 spiro atoms. The number of aromatic nitrogens is 2. The SMILES string of the molecule is CC(CC(C)(C)c1ccccc1)NCc1ncon1. The number of benzene rings is 1. The van der Waals surface area contributed by atoms with Crippen LogP contribution >= 0.6 is 0 Å². The Labute approximate surface area is 114 Å². The van der Waals surface area contributed by atoms with E-state index in [1.807, 2.05) is 0 Å². The Kier molecular flexibility index (Phi) is 4.32. The largest absolute Gasteiger partial charge is 0.343 e. The third-order valence-corrected chi connectivity index (χ3v) is 3.39. The molecule has 0 bridgehead atoms. The van der Waals surface area contributed by atoms with E-state index in [1.165, 1.54) is 12.0 Å². The van der Waals surface area contributed by atoms with Gasteiger partial charge in [-0.3, -0.25) is 0 Å². The number of nitrogens with one attached hydrogen (secondary N) is 1. The molecule has 1 heterocycles. The summed E-state index contributed by atoms with van der Waals surface area (Å²) < 4.78 is 4.72. The fourth-order valence-corrected chi connectivity index (χ4v) is 2.38. The Morgan fingerprint density at radius 2 is 2.00 bits per heavy atom. The first-order chi connectivity index (χ1) is 9.08. The Balaban J connectivity index is 1.89. The second kappa shape index (κ2) is 5.97. The first-order valence-corrected chi connectivity index (χ1v) is 6.62. The molecule has 0 fully saturated rings. The molecule has 4 nitrogen and oxygen atoms in total. The highest BCUT2D eigenvalue weighted by atomic mass is 16.5. The lowest BCUT2D eigenvalue weighted by Crippen LogP contribution is -2.33. The van der Waals surface area contributed by atoms with E-state index < -0.39 is 0 Å². The number of nitrogens with zero attached hydrogens (tertiary/aromatic N) is 2. The van der Waals surface area contributed by atoms with Crippen LogP contribution in [0.2, 0.25) is 0 Å². The Morgan fingerprint density at radius 3 is 2.63 bits per heavy atom. The maximum absolute atomic E-state index is 4.72. The lowest BCUT2D eigenvalue weighted by molar-refractivity contribution is 0.376. The average molecular weight is 259 g/mol. The van der Waals surface area contributed by atoms with Crippen LogP contribution in [0.15, 0.2) is 41.2 Å². The van der Waals surface area contributed by atoms with Gasteiger partial charge in [0.05, 0.1) is 6.54 Å². The van der Waals surface area contributed by atoms with Crippen molar-refractivity contribution in [1.82, 2.24) is 15.5 Å². The van der Waals surface area contributed by atoms with E-state index in [0.29, 0.717) is 18.4 Å². The fourth-order valence-electron chi connectivity index (χ4n) is 2.38. The maximum Gasteiger partial charge on any atom is 0.213 e. The van der Waals surface area contributed by atoms with E-state index in [-0.39, 0.29) is 5.41 Å². The zero-order valence-corrected chi connectivity index (χ0v) is 11.8. The molecule has 2 rings (SSSR count). The van der Waals surface area contributed by atoms with Gasteiger partial charge in [0.1, 0.15) is 0 Å². The van der Waals surface area contributed by atoms with E-state index in [2.05, 4.69) is 66.6 Å². The van der Waals surface area contributed by atoms with Crippen LogP contribution in [0, 0.1) is 0 Å². The van der Waals surface area contributed by atoms with Crippen LogP contribution in [0.3, 0.4) is 0 Å². The monoisotopic (exact) mass is 259 g/mol. The van der Waals surface area contributed by atoms with E-state index >= 15 is 0 Å². The molecule has 0 aliphatic rings. The number of rotatable bonds is 6. The van der Waals surface area contributed by atoms with Gasteiger partial charge in [-0.15, -0.1) is 0 Å². The predicted molar refractivity (Wildman–Crippen MR) is 74.7 cm³/mol. The van der Waals surface area contributed by atoms with E-state index in [9.17, 15) is 0 Å². The molecule has 0 aliphatic heterocycles. The summed E-state index contributed by atoms with van der Waals surface area (Å²) in [6.45, 7) is 7.37. The van der Waals surface area contributed by atoms with Gasteiger partial charge in [0.15, 0.2) is 5.82 Å². The molecule has 4 heteroatoms. The summed E-state index contributed by atoms with van der Waals surface area (Å²) in [4.78, 5) is 4.00. The Morgan fingerprint density at radius 1 is 1.26 bits per heavy atom. The van der Waals surface area contributed by atoms with Crippen molar-refractivity contribution >= 4 is 0 Å². The Hall–Kier alpha value is -1.68. The van der Waals surface area contributed by atoms with E-state index in [4.69, 9.17) is 4.52 Å². The third kappa shape index (κ3) is 3.89. The number of hydrogen-bond acceptors (Lipinski definition) is 4.